The molecule has 1 aromatic heterocycles. The molecule has 1 heterocycles. The fraction of sp³-hybridized carbons (Fsp3) is 0.286. The molecule has 114 valence electrons. The van der Waals surface area contributed by atoms with Crippen molar-refractivity contribution < 1.29 is 23.0 Å². The van der Waals surface area contributed by atoms with Gasteiger partial charge in [0.05, 0.1) is 18.0 Å². The molecule has 0 atom stereocenters. The Hall–Kier alpha value is -2.38. The van der Waals surface area contributed by atoms with Crippen LogP contribution in [0.15, 0.2) is 17.1 Å². The largest absolute Gasteiger partial charge is 0.540 e. The molecule has 0 spiro atoms. The van der Waals surface area contributed by atoms with Crippen molar-refractivity contribution in [1.82, 2.24) is 4.57 Å². The lowest BCUT2D eigenvalue weighted by molar-refractivity contribution is 0.0747. The standard InChI is InChI=1S/C14H12BF2NO4/c1-21-13-10(17)9(16)4-7-11(13)18(6-2-3-6)5-8(12(7)19)14(20)22-15/h4-6H,2-3,15H2,1H3. The number of hydrogen-bond donors (Lipinski definition) is 0. The molecule has 22 heavy (non-hydrogen) atoms. The number of methoxy groups -OCH3 is 1. The molecule has 1 saturated carbocycles. The molecule has 1 aliphatic carbocycles. The van der Waals surface area contributed by atoms with Crippen LogP contribution >= 0.6 is 0 Å². The van der Waals surface area contributed by atoms with Crippen LogP contribution in [0.5, 0.6) is 5.75 Å². The molecule has 2 aromatic rings. The molecule has 8 heteroatoms. The topological polar surface area (TPSA) is 57.5 Å². The van der Waals surface area contributed by atoms with E-state index >= 15 is 0 Å². The molecule has 3 rings (SSSR count). The summed E-state index contributed by atoms with van der Waals surface area (Å²) >= 11 is 0. The predicted molar refractivity (Wildman–Crippen MR) is 76.9 cm³/mol. The third kappa shape index (κ3) is 2.06. The molecular formula is C14H12BF2NO4. The Morgan fingerprint density at radius 2 is 2.09 bits per heavy atom. The molecule has 0 unspecified atom stereocenters. The number of ether oxygens (including phenoxy) is 1. The molecule has 1 aliphatic rings. The zero-order valence-electron chi connectivity index (χ0n) is 12.0. The first-order valence-electron chi connectivity index (χ1n) is 6.68. The summed E-state index contributed by atoms with van der Waals surface area (Å²) in [5.41, 5.74) is -0.771. The smallest absolute Gasteiger partial charge is 0.326 e. The lowest BCUT2D eigenvalue weighted by Gasteiger charge is -2.15. The Morgan fingerprint density at radius 1 is 1.41 bits per heavy atom. The van der Waals surface area contributed by atoms with E-state index in [4.69, 9.17) is 4.74 Å². The van der Waals surface area contributed by atoms with Gasteiger partial charge < -0.3 is 14.0 Å². The zero-order chi connectivity index (χ0) is 16.0. The van der Waals surface area contributed by atoms with Crippen molar-refractivity contribution >= 4 is 24.9 Å². The fourth-order valence-electron chi connectivity index (χ4n) is 2.51. The first-order valence-corrected chi connectivity index (χ1v) is 6.68. The van der Waals surface area contributed by atoms with E-state index in [1.165, 1.54) is 13.3 Å². The summed E-state index contributed by atoms with van der Waals surface area (Å²) in [4.78, 5) is 24.1. The highest BCUT2D eigenvalue weighted by atomic mass is 19.2. The van der Waals surface area contributed by atoms with Crippen LogP contribution < -0.4 is 10.2 Å². The molecule has 0 saturated heterocycles. The van der Waals surface area contributed by atoms with Crippen molar-refractivity contribution in [2.75, 3.05) is 7.11 Å². The van der Waals surface area contributed by atoms with E-state index in [-0.39, 0.29) is 28.3 Å². The van der Waals surface area contributed by atoms with Crippen molar-refractivity contribution in [3.63, 3.8) is 0 Å². The lowest BCUT2D eigenvalue weighted by Crippen LogP contribution is -2.21. The third-order valence-corrected chi connectivity index (χ3v) is 3.72. The van der Waals surface area contributed by atoms with Crippen LogP contribution in [0.4, 0.5) is 8.78 Å². The Morgan fingerprint density at radius 3 is 2.64 bits per heavy atom. The number of carbonyl (C=O) groups is 1. The fourth-order valence-corrected chi connectivity index (χ4v) is 2.51. The minimum Gasteiger partial charge on any atom is -0.540 e. The predicted octanol–water partition coefficient (Wildman–Crippen LogP) is 1.33. The van der Waals surface area contributed by atoms with Crippen LogP contribution in [0, 0.1) is 11.6 Å². The van der Waals surface area contributed by atoms with E-state index in [0.717, 1.165) is 27.0 Å². The molecule has 1 aromatic carbocycles. The van der Waals surface area contributed by atoms with E-state index in [1.54, 1.807) is 4.57 Å². The summed E-state index contributed by atoms with van der Waals surface area (Å²) in [6, 6.07) is 0.811. The molecule has 0 N–H and O–H groups in total. The lowest BCUT2D eigenvalue weighted by atomic mass is 10.1. The van der Waals surface area contributed by atoms with E-state index in [0.29, 0.717) is 0 Å². The summed E-state index contributed by atoms with van der Waals surface area (Å²) in [6.07, 6.45) is 2.97. The molecule has 0 radical (unpaired) electrons. The quantitative estimate of drug-likeness (QED) is 0.803. The molecule has 0 aliphatic heterocycles. The number of aromatic nitrogens is 1. The Labute approximate surface area is 124 Å². The highest BCUT2D eigenvalue weighted by molar-refractivity contribution is 6.10. The minimum atomic E-state index is -1.20. The summed E-state index contributed by atoms with van der Waals surface area (Å²) in [7, 11) is 2.35. The van der Waals surface area contributed by atoms with Crippen LogP contribution in [0.25, 0.3) is 10.9 Å². The van der Waals surface area contributed by atoms with Gasteiger partial charge in [0.25, 0.3) is 0 Å². The van der Waals surface area contributed by atoms with Gasteiger partial charge in [-0.15, -0.1) is 0 Å². The van der Waals surface area contributed by atoms with Gasteiger partial charge in [-0.05, 0) is 18.9 Å². The van der Waals surface area contributed by atoms with Gasteiger partial charge in [-0.3, -0.25) is 4.79 Å². The van der Waals surface area contributed by atoms with Crippen LogP contribution in [-0.4, -0.2) is 25.7 Å². The van der Waals surface area contributed by atoms with Crippen molar-refractivity contribution in [3.8, 4) is 5.75 Å². The van der Waals surface area contributed by atoms with E-state index < -0.39 is 23.0 Å². The van der Waals surface area contributed by atoms with Crippen molar-refractivity contribution in [2.24, 2.45) is 0 Å². The number of nitrogens with zero attached hydrogens (tertiary/aromatic N) is 1. The maximum atomic E-state index is 13.9. The van der Waals surface area contributed by atoms with Crippen molar-refractivity contribution in [3.05, 3.63) is 39.7 Å². The summed E-state index contributed by atoms with van der Waals surface area (Å²) in [5, 5.41) is -0.106. The van der Waals surface area contributed by atoms with Crippen LogP contribution in [-0.2, 0) is 4.65 Å². The second-order valence-corrected chi connectivity index (χ2v) is 5.10. The van der Waals surface area contributed by atoms with Gasteiger partial charge in [0, 0.05) is 12.2 Å². The number of benzene rings is 1. The van der Waals surface area contributed by atoms with E-state index in [2.05, 4.69) is 4.65 Å². The molecule has 0 amide bonds. The average Bonchev–Trinajstić information content (AvgIpc) is 3.34. The normalized spacial score (nSPS) is 14.1. The number of halogens is 2. The molecular weight excluding hydrogens is 295 g/mol. The Bertz CT molecular complexity index is 845. The number of carbonyl (C=O) groups excluding carboxylic acids is 1. The first-order chi connectivity index (χ1) is 10.5. The first kappa shape index (κ1) is 14.6. The SMILES string of the molecule is BOC(=O)c1cn(C2CC2)c2c(OC)c(F)c(F)cc2c1=O. The number of rotatable bonds is 3. The Kier molecular flexibility index (Phi) is 3.39. The Balaban J connectivity index is 2.47. The van der Waals surface area contributed by atoms with Gasteiger partial charge in [-0.1, -0.05) is 0 Å². The van der Waals surface area contributed by atoms with Crippen LogP contribution in [0.1, 0.15) is 29.2 Å². The number of fused-ring (bicyclic) bond motifs is 1. The van der Waals surface area contributed by atoms with Gasteiger partial charge in [-0.2, -0.15) is 4.39 Å². The third-order valence-electron chi connectivity index (χ3n) is 3.72. The molecule has 5 nitrogen and oxygen atoms in total. The van der Waals surface area contributed by atoms with Crippen LogP contribution in [0.3, 0.4) is 0 Å². The van der Waals surface area contributed by atoms with Gasteiger partial charge in [0.1, 0.15) is 5.56 Å². The van der Waals surface area contributed by atoms with Crippen LogP contribution in [0.2, 0.25) is 0 Å². The van der Waals surface area contributed by atoms with Gasteiger partial charge in [0.2, 0.25) is 11.2 Å². The highest BCUT2D eigenvalue weighted by Crippen LogP contribution is 2.40. The van der Waals surface area contributed by atoms with E-state index in [9.17, 15) is 18.4 Å². The van der Waals surface area contributed by atoms with Gasteiger partial charge >= 0.3 is 14.0 Å². The number of hydrogen-bond acceptors (Lipinski definition) is 4. The van der Waals surface area contributed by atoms with Gasteiger partial charge in [0.15, 0.2) is 11.6 Å². The van der Waals surface area contributed by atoms with Crippen molar-refractivity contribution in [2.45, 2.75) is 18.9 Å². The summed E-state index contributed by atoms with van der Waals surface area (Å²) < 4.78 is 38.8. The van der Waals surface area contributed by atoms with Gasteiger partial charge in [-0.25, -0.2) is 9.18 Å². The summed E-state index contributed by atoms with van der Waals surface area (Å²) in [5.74, 6) is -3.51. The summed E-state index contributed by atoms with van der Waals surface area (Å²) in [6.45, 7) is 0. The second-order valence-electron chi connectivity index (χ2n) is 5.10. The highest BCUT2D eigenvalue weighted by Gasteiger charge is 2.30. The molecule has 0 bridgehead atoms. The number of pyridine rings is 1. The monoisotopic (exact) mass is 307 g/mol. The maximum absolute atomic E-state index is 13.9. The zero-order valence-corrected chi connectivity index (χ0v) is 12.0. The molecule has 1 fully saturated rings. The van der Waals surface area contributed by atoms with Crippen molar-refractivity contribution in [1.29, 1.82) is 0 Å². The minimum absolute atomic E-state index is 0.0188. The maximum Gasteiger partial charge on any atom is 0.326 e. The second kappa shape index (κ2) is 5.12. The van der Waals surface area contributed by atoms with E-state index in [1.807, 2.05) is 0 Å². The average molecular weight is 307 g/mol.